The zero-order valence-electron chi connectivity index (χ0n) is 20.1. The van der Waals surface area contributed by atoms with E-state index < -0.39 is 6.10 Å². The summed E-state index contributed by atoms with van der Waals surface area (Å²) in [5, 5.41) is 10.4. The number of aliphatic hydroxyl groups is 1. The van der Waals surface area contributed by atoms with Crippen molar-refractivity contribution in [2.24, 2.45) is 0 Å². The van der Waals surface area contributed by atoms with E-state index in [2.05, 4.69) is 6.92 Å². The van der Waals surface area contributed by atoms with Crippen molar-refractivity contribution in [1.82, 2.24) is 0 Å². The number of benzene rings is 1. The summed E-state index contributed by atoms with van der Waals surface area (Å²) in [6.45, 7) is 5.86. The summed E-state index contributed by atoms with van der Waals surface area (Å²) in [7, 11) is 0. The summed E-state index contributed by atoms with van der Waals surface area (Å²) < 4.78 is 5.27. The van der Waals surface area contributed by atoms with Gasteiger partial charge in [-0.15, -0.1) is 11.3 Å². The summed E-state index contributed by atoms with van der Waals surface area (Å²) >= 11 is 1.50. The molecule has 2 aromatic rings. The number of carbonyl (C=O) groups excluding carboxylic acids is 2. The molecule has 0 aliphatic carbocycles. The van der Waals surface area contributed by atoms with Gasteiger partial charge in [-0.25, -0.2) is 4.79 Å². The van der Waals surface area contributed by atoms with E-state index in [1.165, 1.54) is 16.2 Å². The lowest BCUT2D eigenvalue weighted by atomic mass is 10.0. The van der Waals surface area contributed by atoms with Gasteiger partial charge in [-0.2, -0.15) is 0 Å². The molecular weight excluding hydrogens is 434 g/mol. The highest BCUT2D eigenvalue weighted by atomic mass is 32.1. The van der Waals surface area contributed by atoms with Gasteiger partial charge in [0.05, 0.1) is 12.2 Å². The molecule has 1 aliphatic heterocycles. The zero-order valence-corrected chi connectivity index (χ0v) is 20.9. The number of aryl methyl sites for hydroxylation is 1. The Kier molecular flexibility index (Phi) is 9.51. The van der Waals surface area contributed by atoms with Gasteiger partial charge in [0.25, 0.3) is 0 Å². The molecule has 33 heavy (non-hydrogen) atoms. The van der Waals surface area contributed by atoms with Gasteiger partial charge in [-0.05, 0) is 75.8 Å². The van der Waals surface area contributed by atoms with Crippen molar-refractivity contribution >= 4 is 28.9 Å². The van der Waals surface area contributed by atoms with Gasteiger partial charge in [-0.1, -0.05) is 38.3 Å². The number of carbonyl (C=O) groups is 2. The number of nitrogens with zero attached hydrogens (tertiary/aromatic N) is 1. The fourth-order valence-electron chi connectivity index (χ4n) is 4.39. The van der Waals surface area contributed by atoms with Crippen LogP contribution in [0, 0.1) is 0 Å². The van der Waals surface area contributed by atoms with Gasteiger partial charge in [0.1, 0.15) is 4.88 Å². The second-order valence-corrected chi connectivity index (χ2v) is 10.3. The smallest absolute Gasteiger partial charge is 0.348 e. The third-order valence-electron chi connectivity index (χ3n) is 6.13. The van der Waals surface area contributed by atoms with E-state index in [4.69, 9.17) is 4.74 Å². The predicted molar refractivity (Wildman–Crippen MR) is 134 cm³/mol. The Bertz CT molecular complexity index is 905. The van der Waals surface area contributed by atoms with Crippen LogP contribution in [-0.4, -0.2) is 29.1 Å². The average molecular weight is 472 g/mol. The van der Waals surface area contributed by atoms with Crippen molar-refractivity contribution in [1.29, 1.82) is 0 Å². The van der Waals surface area contributed by atoms with Crippen molar-refractivity contribution < 1.29 is 19.4 Å². The van der Waals surface area contributed by atoms with Gasteiger partial charge >= 0.3 is 5.97 Å². The van der Waals surface area contributed by atoms with E-state index in [-0.39, 0.29) is 24.0 Å². The molecule has 2 atom stereocenters. The molecule has 1 aromatic carbocycles. The van der Waals surface area contributed by atoms with E-state index in [1.54, 1.807) is 0 Å². The van der Waals surface area contributed by atoms with Gasteiger partial charge < -0.3 is 14.7 Å². The van der Waals surface area contributed by atoms with Gasteiger partial charge in [0.2, 0.25) is 5.91 Å². The van der Waals surface area contributed by atoms with Crippen LogP contribution in [0.2, 0.25) is 0 Å². The first kappa shape index (κ1) is 25.4. The maximum absolute atomic E-state index is 12.6. The molecule has 1 aliphatic rings. The van der Waals surface area contributed by atoms with Crippen LogP contribution in [0.3, 0.4) is 0 Å². The lowest BCUT2D eigenvalue weighted by Crippen LogP contribution is -2.32. The highest BCUT2D eigenvalue weighted by Gasteiger charge is 2.31. The molecule has 0 bridgehead atoms. The van der Waals surface area contributed by atoms with Crippen LogP contribution in [0.4, 0.5) is 5.69 Å². The Morgan fingerprint density at radius 1 is 1.15 bits per heavy atom. The maximum atomic E-state index is 12.6. The summed E-state index contributed by atoms with van der Waals surface area (Å²) in [5.74, 6) is -0.0844. The second-order valence-electron chi connectivity index (χ2n) is 9.17. The van der Waals surface area contributed by atoms with Crippen LogP contribution in [0.25, 0.3) is 0 Å². The number of unbranched alkanes of at least 4 members (excludes halogenated alkanes) is 2. The van der Waals surface area contributed by atoms with E-state index in [9.17, 15) is 14.7 Å². The van der Waals surface area contributed by atoms with Crippen molar-refractivity contribution in [3.63, 3.8) is 0 Å². The molecule has 180 valence electrons. The highest BCUT2D eigenvalue weighted by molar-refractivity contribution is 7.13. The number of aliphatic hydroxyl groups excluding tert-OH is 1. The first-order valence-corrected chi connectivity index (χ1v) is 13.1. The summed E-state index contributed by atoms with van der Waals surface area (Å²) in [6, 6.07) is 11.9. The molecule has 3 rings (SSSR count). The minimum Gasteiger partial charge on any atom is -0.459 e. The molecule has 0 saturated carbocycles. The van der Waals surface area contributed by atoms with E-state index in [0.717, 1.165) is 62.6 Å². The Balaban J connectivity index is 1.54. The van der Waals surface area contributed by atoms with Crippen LogP contribution in [0.1, 0.15) is 98.4 Å². The molecule has 2 heterocycles. The molecule has 1 saturated heterocycles. The average Bonchev–Trinajstić information content (AvgIpc) is 3.40. The number of thiophene rings is 1. The largest absolute Gasteiger partial charge is 0.459 e. The molecule has 1 N–H and O–H groups in total. The van der Waals surface area contributed by atoms with Crippen LogP contribution in [0.5, 0.6) is 0 Å². The Hall–Kier alpha value is -2.18. The maximum Gasteiger partial charge on any atom is 0.348 e. The topological polar surface area (TPSA) is 66.8 Å². The van der Waals surface area contributed by atoms with Crippen molar-refractivity contribution in [3.8, 4) is 0 Å². The normalized spacial score (nSPS) is 17.1. The predicted octanol–water partition coefficient (Wildman–Crippen LogP) is 6.45. The molecule has 6 heteroatoms. The van der Waals surface area contributed by atoms with Crippen molar-refractivity contribution in [2.75, 3.05) is 4.90 Å². The number of anilines is 1. The summed E-state index contributed by atoms with van der Waals surface area (Å²) in [5.41, 5.74) is 1.84. The Labute approximate surface area is 201 Å². The first-order chi connectivity index (χ1) is 15.9. The molecular formula is C27H37NO4S. The standard InChI is InChI=1S/C27H37NO4S/c1-4-5-6-10-24(29)20-11-13-22(14-12-20)28-21(15-18-26(28)30)8-7-9-23-16-17-25(33-23)27(31)32-19(2)3/h11-14,16-17,19,21,24,29H,4-10,15,18H2,1-3H3/t21-,24?/m0/s1. The Morgan fingerprint density at radius 2 is 1.91 bits per heavy atom. The number of esters is 1. The third kappa shape index (κ3) is 7.15. The van der Waals surface area contributed by atoms with Crippen LogP contribution in [-0.2, 0) is 16.0 Å². The van der Waals surface area contributed by atoms with Crippen molar-refractivity contribution in [2.45, 2.75) is 96.8 Å². The number of hydrogen-bond acceptors (Lipinski definition) is 5. The highest BCUT2D eigenvalue weighted by Crippen LogP contribution is 2.31. The van der Waals surface area contributed by atoms with E-state index in [0.29, 0.717) is 11.3 Å². The molecule has 0 spiro atoms. The SMILES string of the molecule is CCCCCC(O)c1ccc(N2C(=O)CC[C@@H]2CCCc2ccc(C(=O)OC(C)C)s2)cc1. The van der Waals surface area contributed by atoms with E-state index in [1.807, 2.05) is 55.1 Å². The van der Waals surface area contributed by atoms with E-state index >= 15 is 0 Å². The van der Waals surface area contributed by atoms with Crippen molar-refractivity contribution in [3.05, 3.63) is 51.7 Å². The number of rotatable bonds is 12. The molecule has 1 unspecified atom stereocenters. The van der Waals surface area contributed by atoms with Gasteiger partial charge in [-0.3, -0.25) is 4.79 Å². The second kappa shape index (κ2) is 12.3. The molecule has 5 nitrogen and oxygen atoms in total. The minimum absolute atomic E-state index is 0.118. The lowest BCUT2D eigenvalue weighted by molar-refractivity contribution is -0.117. The first-order valence-electron chi connectivity index (χ1n) is 12.3. The fraction of sp³-hybridized carbons (Fsp3) is 0.556. The number of hydrogen-bond donors (Lipinski definition) is 1. The Morgan fingerprint density at radius 3 is 2.61 bits per heavy atom. The number of amides is 1. The minimum atomic E-state index is -0.441. The summed E-state index contributed by atoms with van der Waals surface area (Å²) in [6.07, 6.45) is 7.74. The van der Waals surface area contributed by atoms with Gasteiger partial charge in [0, 0.05) is 23.0 Å². The molecule has 1 aromatic heterocycles. The summed E-state index contributed by atoms with van der Waals surface area (Å²) in [4.78, 5) is 28.4. The molecule has 1 amide bonds. The van der Waals surface area contributed by atoms with Crippen LogP contribution >= 0.6 is 11.3 Å². The lowest BCUT2D eigenvalue weighted by Gasteiger charge is -2.25. The molecule has 0 radical (unpaired) electrons. The van der Waals surface area contributed by atoms with Crippen LogP contribution < -0.4 is 4.90 Å². The monoisotopic (exact) mass is 471 g/mol. The zero-order chi connectivity index (χ0) is 23.8. The number of ether oxygens (including phenoxy) is 1. The van der Waals surface area contributed by atoms with Gasteiger partial charge in [0.15, 0.2) is 0 Å². The fourth-order valence-corrected chi connectivity index (χ4v) is 5.32. The molecule has 1 fully saturated rings. The quantitative estimate of drug-likeness (QED) is 0.285. The third-order valence-corrected chi connectivity index (χ3v) is 7.25. The van der Waals surface area contributed by atoms with Crippen LogP contribution in [0.15, 0.2) is 36.4 Å².